The largest absolute Gasteiger partial charge is 0.313 e. The Bertz CT molecular complexity index is 578. The van der Waals surface area contributed by atoms with Crippen molar-refractivity contribution < 1.29 is 0 Å². The third-order valence-corrected chi connectivity index (χ3v) is 4.09. The molecule has 4 nitrogen and oxygen atoms in total. The second kappa shape index (κ2) is 7.97. The van der Waals surface area contributed by atoms with Crippen molar-refractivity contribution in [1.82, 2.24) is 19.4 Å². The van der Waals surface area contributed by atoms with Crippen molar-refractivity contribution in [3.63, 3.8) is 0 Å². The molecule has 0 N–H and O–H groups in total. The topological polar surface area (TPSA) is 34.0 Å². The van der Waals surface area contributed by atoms with Crippen molar-refractivity contribution >= 4 is 34.4 Å². The fourth-order valence-corrected chi connectivity index (χ4v) is 2.86. The lowest BCUT2D eigenvalue weighted by molar-refractivity contribution is 0.293. The Morgan fingerprint density at radius 2 is 2.05 bits per heavy atom. The SMILES string of the molecule is CCN(CC)CCCn1c(CCCl)nc2cc(Cl)cnc21. The summed E-state index contributed by atoms with van der Waals surface area (Å²) in [7, 11) is 0. The van der Waals surface area contributed by atoms with Gasteiger partial charge in [0, 0.05) is 25.0 Å². The van der Waals surface area contributed by atoms with Crippen molar-refractivity contribution in [3.05, 3.63) is 23.1 Å². The normalized spacial score (nSPS) is 11.7. The average Bonchev–Trinajstić information content (AvgIpc) is 2.81. The van der Waals surface area contributed by atoms with Crippen molar-refractivity contribution in [1.29, 1.82) is 0 Å². The lowest BCUT2D eigenvalue weighted by atomic mass is 10.3. The molecule has 0 aliphatic rings. The minimum absolute atomic E-state index is 0.563. The zero-order valence-corrected chi connectivity index (χ0v) is 14.2. The van der Waals surface area contributed by atoms with Gasteiger partial charge in [-0.25, -0.2) is 9.97 Å². The molecule has 0 aliphatic carbocycles. The summed E-state index contributed by atoms with van der Waals surface area (Å²) >= 11 is 11.9. The number of aromatic nitrogens is 3. The predicted octanol–water partition coefficient (Wildman–Crippen LogP) is 3.60. The number of halogens is 2. The van der Waals surface area contributed by atoms with E-state index >= 15 is 0 Å². The van der Waals surface area contributed by atoms with E-state index in [1.54, 1.807) is 6.20 Å². The third kappa shape index (κ3) is 4.09. The molecule has 2 aromatic heterocycles. The van der Waals surface area contributed by atoms with E-state index in [9.17, 15) is 0 Å². The highest BCUT2D eigenvalue weighted by molar-refractivity contribution is 6.31. The Balaban J connectivity index is 2.18. The second-order valence-electron chi connectivity index (χ2n) is 5.00. The summed E-state index contributed by atoms with van der Waals surface area (Å²) in [5, 5.41) is 0.618. The van der Waals surface area contributed by atoms with Crippen LogP contribution in [0.5, 0.6) is 0 Å². The summed E-state index contributed by atoms with van der Waals surface area (Å²) in [5.41, 5.74) is 1.75. The number of pyridine rings is 1. The minimum atomic E-state index is 0.563. The molecule has 0 saturated heterocycles. The summed E-state index contributed by atoms with van der Waals surface area (Å²) in [6.07, 6.45) is 3.50. The van der Waals surface area contributed by atoms with Gasteiger partial charge in [0.15, 0.2) is 5.65 Å². The molecule has 116 valence electrons. The van der Waals surface area contributed by atoms with Crippen LogP contribution in [0.15, 0.2) is 12.3 Å². The van der Waals surface area contributed by atoms with Gasteiger partial charge in [-0.3, -0.25) is 0 Å². The van der Waals surface area contributed by atoms with Crippen LogP contribution < -0.4 is 0 Å². The number of aryl methyl sites for hydroxylation is 2. The summed E-state index contributed by atoms with van der Waals surface area (Å²) in [6.45, 7) is 8.55. The number of rotatable bonds is 8. The molecule has 0 spiro atoms. The van der Waals surface area contributed by atoms with Gasteiger partial charge in [-0.05, 0) is 32.1 Å². The van der Waals surface area contributed by atoms with E-state index in [0.717, 1.165) is 56.0 Å². The fourth-order valence-electron chi connectivity index (χ4n) is 2.54. The maximum Gasteiger partial charge on any atom is 0.160 e. The molecule has 0 amide bonds. The van der Waals surface area contributed by atoms with E-state index in [4.69, 9.17) is 23.2 Å². The molecular formula is C15H22Cl2N4. The van der Waals surface area contributed by atoms with Crippen LogP contribution in [0.1, 0.15) is 26.1 Å². The Kier molecular flexibility index (Phi) is 6.27. The second-order valence-corrected chi connectivity index (χ2v) is 5.81. The van der Waals surface area contributed by atoms with Gasteiger partial charge in [-0.1, -0.05) is 25.4 Å². The number of fused-ring (bicyclic) bond motifs is 1. The number of nitrogens with zero attached hydrogens (tertiary/aromatic N) is 4. The molecule has 0 bridgehead atoms. The number of hydrogen-bond donors (Lipinski definition) is 0. The molecule has 0 saturated carbocycles. The highest BCUT2D eigenvalue weighted by Crippen LogP contribution is 2.19. The molecule has 2 heterocycles. The van der Waals surface area contributed by atoms with Crippen molar-refractivity contribution in [3.8, 4) is 0 Å². The zero-order valence-electron chi connectivity index (χ0n) is 12.6. The highest BCUT2D eigenvalue weighted by Gasteiger charge is 2.12. The van der Waals surface area contributed by atoms with E-state index in [2.05, 4.69) is 33.3 Å². The van der Waals surface area contributed by atoms with Gasteiger partial charge in [0.1, 0.15) is 11.3 Å². The predicted molar refractivity (Wildman–Crippen MR) is 89.4 cm³/mol. The van der Waals surface area contributed by atoms with Crippen LogP contribution in [-0.4, -0.2) is 44.9 Å². The third-order valence-electron chi connectivity index (χ3n) is 3.70. The van der Waals surface area contributed by atoms with Crippen molar-refractivity contribution in [2.24, 2.45) is 0 Å². The van der Waals surface area contributed by atoms with Crippen LogP contribution in [0.25, 0.3) is 11.2 Å². The van der Waals surface area contributed by atoms with Gasteiger partial charge < -0.3 is 9.47 Å². The van der Waals surface area contributed by atoms with Gasteiger partial charge >= 0.3 is 0 Å². The minimum Gasteiger partial charge on any atom is -0.313 e. The van der Waals surface area contributed by atoms with E-state index < -0.39 is 0 Å². The average molecular weight is 329 g/mol. The molecule has 6 heteroatoms. The lowest BCUT2D eigenvalue weighted by Gasteiger charge is -2.18. The number of alkyl halides is 1. The molecule has 0 radical (unpaired) electrons. The lowest BCUT2D eigenvalue weighted by Crippen LogP contribution is -2.25. The Labute approximate surface area is 136 Å². The number of imidazole rings is 1. The standard InChI is InChI=1S/C15H22Cl2N4/c1-3-20(4-2)8-5-9-21-14(6-7-16)19-13-10-12(17)11-18-15(13)21/h10-11H,3-9H2,1-2H3. The molecule has 0 atom stereocenters. The fraction of sp³-hybridized carbons (Fsp3) is 0.600. The Hall–Kier alpha value is -0.840. The smallest absolute Gasteiger partial charge is 0.160 e. The van der Waals surface area contributed by atoms with Gasteiger partial charge in [0.2, 0.25) is 0 Å². The van der Waals surface area contributed by atoms with Crippen LogP contribution in [0.4, 0.5) is 0 Å². The van der Waals surface area contributed by atoms with Crippen LogP contribution >= 0.6 is 23.2 Å². The first-order valence-electron chi connectivity index (χ1n) is 7.48. The highest BCUT2D eigenvalue weighted by atomic mass is 35.5. The quantitative estimate of drug-likeness (QED) is 0.694. The molecule has 0 unspecified atom stereocenters. The van der Waals surface area contributed by atoms with Crippen LogP contribution in [0, 0.1) is 0 Å². The maximum absolute atomic E-state index is 6.00. The van der Waals surface area contributed by atoms with Gasteiger partial charge in [0.25, 0.3) is 0 Å². The van der Waals surface area contributed by atoms with Gasteiger partial charge in [-0.2, -0.15) is 0 Å². The molecular weight excluding hydrogens is 307 g/mol. The number of hydrogen-bond acceptors (Lipinski definition) is 3. The van der Waals surface area contributed by atoms with Crippen LogP contribution in [-0.2, 0) is 13.0 Å². The summed E-state index contributed by atoms with van der Waals surface area (Å²) in [5.74, 6) is 1.56. The molecule has 0 fully saturated rings. The Morgan fingerprint density at radius 3 is 2.71 bits per heavy atom. The monoisotopic (exact) mass is 328 g/mol. The van der Waals surface area contributed by atoms with Gasteiger partial charge in [0.05, 0.1) is 5.02 Å². The first-order chi connectivity index (χ1) is 10.2. The van der Waals surface area contributed by atoms with E-state index in [1.165, 1.54) is 0 Å². The zero-order chi connectivity index (χ0) is 15.2. The van der Waals surface area contributed by atoms with Crippen molar-refractivity contribution in [2.75, 3.05) is 25.5 Å². The Morgan fingerprint density at radius 1 is 1.29 bits per heavy atom. The van der Waals surface area contributed by atoms with E-state index in [-0.39, 0.29) is 0 Å². The summed E-state index contributed by atoms with van der Waals surface area (Å²) in [6, 6.07) is 1.86. The van der Waals surface area contributed by atoms with E-state index in [1.807, 2.05) is 6.07 Å². The first-order valence-corrected chi connectivity index (χ1v) is 8.39. The maximum atomic E-state index is 6.00. The molecule has 2 aromatic rings. The molecule has 21 heavy (non-hydrogen) atoms. The molecule has 0 aliphatic heterocycles. The van der Waals surface area contributed by atoms with Crippen molar-refractivity contribution in [2.45, 2.75) is 33.2 Å². The van der Waals surface area contributed by atoms with Gasteiger partial charge in [-0.15, -0.1) is 11.6 Å². The van der Waals surface area contributed by atoms with E-state index in [0.29, 0.717) is 10.9 Å². The van der Waals surface area contributed by atoms with Crippen LogP contribution in [0.3, 0.4) is 0 Å². The first kappa shape index (κ1) is 16.5. The van der Waals surface area contributed by atoms with Crippen LogP contribution in [0.2, 0.25) is 5.02 Å². The molecule has 2 rings (SSSR count). The summed E-state index contributed by atoms with van der Waals surface area (Å²) in [4.78, 5) is 11.5. The molecule has 0 aromatic carbocycles. The summed E-state index contributed by atoms with van der Waals surface area (Å²) < 4.78 is 2.18.